The van der Waals surface area contributed by atoms with Crippen LogP contribution in [-0.2, 0) is 0 Å². The van der Waals surface area contributed by atoms with Gasteiger partial charge in [0, 0.05) is 22.6 Å². The van der Waals surface area contributed by atoms with Crippen molar-refractivity contribution in [3.05, 3.63) is 59.7 Å². The van der Waals surface area contributed by atoms with Crippen LogP contribution in [0.1, 0.15) is 22.8 Å². The molecule has 0 aliphatic carbocycles. The predicted molar refractivity (Wildman–Crippen MR) is 103 cm³/mol. The number of ether oxygens (including phenoxy) is 1. The second kappa shape index (κ2) is 8.08. The SMILES string of the molecule is Cc1cc(-c2ccc(OC(F)(F)F)cc2)nc2cc(C(=O)NC(C)CO)ccc12. The number of nitrogens with one attached hydrogen (secondary N) is 1. The number of carbonyl (C=O) groups excluding carboxylic acids is 1. The van der Waals surface area contributed by atoms with Crippen LogP contribution in [-0.4, -0.2) is 35.0 Å². The Hall–Kier alpha value is -3.13. The normalized spacial score (nSPS) is 12.6. The van der Waals surface area contributed by atoms with Gasteiger partial charge in [-0.3, -0.25) is 4.79 Å². The molecule has 0 bridgehead atoms. The van der Waals surface area contributed by atoms with Crippen LogP contribution < -0.4 is 10.1 Å². The van der Waals surface area contributed by atoms with Crippen molar-refractivity contribution in [2.45, 2.75) is 26.3 Å². The fraction of sp³-hybridized carbons (Fsp3) is 0.238. The summed E-state index contributed by atoms with van der Waals surface area (Å²) in [5, 5.41) is 12.6. The maximum atomic E-state index is 12.3. The molecule has 1 aromatic heterocycles. The van der Waals surface area contributed by atoms with E-state index in [-0.39, 0.29) is 24.3 Å². The summed E-state index contributed by atoms with van der Waals surface area (Å²) in [4.78, 5) is 16.9. The van der Waals surface area contributed by atoms with Gasteiger partial charge in [-0.25, -0.2) is 4.98 Å². The predicted octanol–water partition coefficient (Wildman–Crippen LogP) is 4.22. The Morgan fingerprint density at radius 1 is 1.17 bits per heavy atom. The lowest BCUT2D eigenvalue weighted by Crippen LogP contribution is -2.34. The first kappa shape index (κ1) is 20.6. The molecule has 0 saturated heterocycles. The Bertz CT molecular complexity index is 1030. The molecule has 1 atom stereocenters. The van der Waals surface area contributed by atoms with E-state index < -0.39 is 6.36 Å². The van der Waals surface area contributed by atoms with Crippen LogP contribution >= 0.6 is 0 Å². The van der Waals surface area contributed by atoms with Gasteiger partial charge in [-0.1, -0.05) is 6.07 Å². The number of halogens is 3. The van der Waals surface area contributed by atoms with Crippen LogP contribution in [0.2, 0.25) is 0 Å². The van der Waals surface area contributed by atoms with E-state index in [1.165, 1.54) is 24.3 Å². The molecule has 0 saturated carbocycles. The lowest BCUT2D eigenvalue weighted by molar-refractivity contribution is -0.274. The van der Waals surface area contributed by atoms with Gasteiger partial charge in [0.1, 0.15) is 5.75 Å². The molecule has 5 nitrogen and oxygen atoms in total. The Morgan fingerprint density at radius 3 is 2.48 bits per heavy atom. The summed E-state index contributed by atoms with van der Waals surface area (Å²) >= 11 is 0. The van der Waals surface area contributed by atoms with E-state index >= 15 is 0 Å². The van der Waals surface area contributed by atoms with Crippen molar-refractivity contribution in [1.29, 1.82) is 0 Å². The molecular formula is C21H19F3N2O3. The molecule has 1 unspecified atom stereocenters. The van der Waals surface area contributed by atoms with Gasteiger partial charge < -0.3 is 15.2 Å². The summed E-state index contributed by atoms with van der Waals surface area (Å²) in [6.07, 6.45) is -4.75. The summed E-state index contributed by atoms with van der Waals surface area (Å²) in [7, 11) is 0. The zero-order valence-corrected chi connectivity index (χ0v) is 15.7. The molecule has 3 aromatic rings. The molecule has 2 N–H and O–H groups in total. The van der Waals surface area contributed by atoms with Crippen molar-refractivity contribution in [3.8, 4) is 17.0 Å². The number of amides is 1. The quantitative estimate of drug-likeness (QED) is 0.668. The van der Waals surface area contributed by atoms with Gasteiger partial charge >= 0.3 is 6.36 Å². The number of rotatable bonds is 5. The first-order valence-electron chi connectivity index (χ1n) is 8.85. The maximum absolute atomic E-state index is 12.3. The number of carbonyl (C=O) groups is 1. The number of aromatic nitrogens is 1. The minimum Gasteiger partial charge on any atom is -0.406 e. The summed E-state index contributed by atoms with van der Waals surface area (Å²) in [5.74, 6) is -0.636. The monoisotopic (exact) mass is 404 g/mol. The second-order valence-corrected chi connectivity index (χ2v) is 6.69. The average molecular weight is 404 g/mol. The Balaban J connectivity index is 1.94. The van der Waals surface area contributed by atoms with E-state index in [0.717, 1.165) is 10.9 Å². The molecular weight excluding hydrogens is 385 g/mol. The third-order valence-electron chi connectivity index (χ3n) is 4.31. The highest BCUT2D eigenvalue weighted by Crippen LogP contribution is 2.28. The smallest absolute Gasteiger partial charge is 0.406 e. The first-order chi connectivity index (χ1) is 13.7. The number of hydrogen-bond donors (Lipinski definition) is 2. The van der Waals surface area contributed by atoms with E-state index in [9.17, 15) is 18.0 Å². The van der Waals surface area contributed by atoms with E-state index in [1.54, 1.807) is 25.1 Å². The zero-order chi connectivity index (χ0) is 21.2. The summed E-state index contributed by atoms with van der Waals surface area (Å²) in [6.45, 7) is 3.41. The van der Waals surface area contributed by atoms with E-state index in [1.807, 2.05) is 13.0 Å². The number of nitrogens with zero attached hydrogens (tertiary/aromatic N) is 1. The number of aryl methyl sites for hydroxylation is 1. The van der Waals surface area contributed by atoms with Crippen molar-refractivity contribution in [3.63, 3.8) is 0 Å². The highest BCUT2D eigenvalue weighted by atomic mass is 19.4. The minimum absolute atomic E-state index is 0.172. The summed E-state index contributed by atoms with van der Waals surface area (Å²) in [6, 6.07) is 12.0. The number of fused-ring (bicyclic) bond motifs is 1. The molecule has 0 spiro atoms. The van der Waals surface area contributed by atoms with Gasteiger partial charge in [-0.2, -0.15) is 0 Å². The Labute approximate surface area is 165 Å². The van der Waals surface area contributed by atoms with Crippen molar-refractivity contribution >= 4 is 16.8 Å². The molecule has 0 fully saturated rings. The molecule has 152 valence electrons. The lowest BCUT2D eigenvalue weighted by Gasteiger charge is -2.12. The fourth-order valence-corrected chi connectivity index (χ4v) is 2.87. The van der Waals surface area contributed by atoms with Gasteiger partial charge in [0.25, 0.3) is 5.91 Å². The Kier molecular flexibility index (Phi) is 5.74. The van der Waals surface area contributed by atoms with Gasteiger partial charge in [0.2, 0.25) is 0 Å². The van der Waals surface area contributed by atoms with Crippen LogP contribution in [0.15, 0.2) is 48.5 Å². The third-order valence-corrected chi connectivity index (χ3v) is 4.31. The number of aliphatic hydroxyl groups is 1. The molecule has 2 aromatic carbocycles. The first-order valence-corrected chi connectivity index (χ1v) is 8.85. The number of alkyl halides is 3. The van der Waals surface area contributed by atoms with Crippen LogP contribution in [0.5, 0.6) is 5.75 Å². The zero-order valence-electron chi connectivity index (χ0n) is 15.7. The topological polar surface area (TPSA) is 71.5 Å². The molecule has 0 aliphatic heterocycles. The largest absolute Gasteiger partial charge is 0.573 e. The van der Waals surface area contributed by atoms with Gasteiger partial charge in [0.15, 0.2) is 0 Å². The molecule has 1 heterocycles. The van der Waals surface area contributed by atoms with Gasteiger partial charge in [0.05, 0.1) is 17.8 Å². The van der Waals surface area contributed by atoms with E-state index in [2.05, 4.69) is 15.0 Å². The summed E-state index contributed by atoms with van der Waals surface area (Å²) < 4.78 is 40.8. The molecule has 29 heavy (non-hydrogen) atoms. The van der Waals surface area contributed by atoms with E-state index in [4.69, 9.17) is 5.11 Å². The highest BCUT2D eigenvalue weighted by molar-refractivity contribution is 5.98. The highest BCUT2D eigenvalue weighted by Gasteiger charge is 2.31. The average Bonchev–Trinajstić information content (AvgIpc) is 2.66. The van der Waals surface area contributed by atoms with Crippen LogP contribution in [0, 0.1) is 6.92 Å². The minimum atomic E-state index is -4.75. The van der Waals surface area contributed by atoms with Crippen LogP contribution in [0.4, 0.5) is 13.2 Å². The molecule has 0 aliphatic rings. The maximum Gasteiger partial charge on any atom is 0.573 e. The second-order valence-electron chi connectivity index (χ2n) is 6.69. The van der Waals surface area contributed by atoms with Gasteiger partial charge in [-0.15, -0.1) is 13.2 Å². The van der Waals surface area contributed by atoms with Crippen molar-refractivity contribution in [2.75, 3.05) is 6.61 Å². The van der Waals surface area contributed by atoms with Crippen LogP contribution in [0.25, 0.3) is 22.2 Å². The van der Waals surface area contributed by atoms with Crippen molar-refractivity contribution in [2.24, 2.45) is 0 Å². The Morgan fingerprint density at radius 2 is 1.86 bits per heavy atom. The number of benzene rings is 2. The molecule has 1 amide bonds. The molecule has 0 radical (unpaired) electrons. The standard InChI is InChI=1S/C21H19F3N2O3/c1-12-9-18(14-3-6-16(7-4-14)29-21(22,23)24)26-19-10-15(5-8-17(12)19)20(28)25-13(2)11-27/h3-10,13,27H,11H2,1-2H3,(H,25,28). The van der Waals surface area contributed by atoms with Crippen molar-refractivity contribution < 1.29 is 27.8 Å². The van der Waals surface area contributed by atoms with Gasteiger partial charge in [-0.05, 0) is 61.9 Å². The number of pyridine rings is 1. The number of aliphatic hydroxyl groups excluding tert-OH is 1. The number of hydrogen-bond acceptors (Lipinski definition) is 4. The molecule has 8 heteroatoms. The van der Waals surface area contributed by atoms with Crippen molar-refractivity contribution in [1.82, 2.24) is 10.3 Å². The molecule has 3 rings (SSSR count). The summed E-state index contributed by atoms with van der Waals surface area (Å²) in [5.41, 5.74) is 3.08. The fourth-order valence-electron chi connectivity index (χ4n) is 2.87. The lowest BCUT2D eigenvalue weighted by atomic mass is 10.0. The van der Waals surface area contributed by atoms with Crippen LogP contribution in [0.3, 0.4) is 0 Å². The third kappa shape index (κ3) is 5.03. The van der Waals surface area contributed by atoms with E-state index in [0.29, 0.717) is 22.3 Å².